The van der Waals surface area contributed by atoms with E-state index in [9.17, 15) is 4.79 Å². The van der Waals surface area contributed by atoms with Crippen LogP contribution in [0.15, 0.2) is 24.3 Å². The molecule has 1 rings (SSSR count). The lowest BCUT2D eigenvalue weighted by Gasteiger charge is -2.02. The molecule has 0 bridgehead atoms. The fraction of sp³-hybridized carbons (Fsp3) is 0.385. The normalized spacial score (nSPS) is 9.60. The largest absolute Gasteiger partial charge is 0.299 e. The van der Waals surface area contributed by atoms with Crippen molar-refractivity contribution in [2.24, 2.45) is 0 Å². The van der Waals surface area contributed by atoms with Gasteiger partial charge in [-0.1, -0.05) is 31.5 Å². The van der Waals surface area contributed by atoms with E-state index in [2.05, 4.69) is 13.0 Å². The average Bonchev–Trinajstić information content (AvgIpc) is 2.27. The SMILES string of the molecule is CCCCC(=O)Cc1ccccc1C#N. The molecule has 0 aromatic heterocycles. The summed E-state index contributed by atoms with van der Waals surface area (Å²) in [5, 5.41) is 8.85. The number of rotatable bonds is 5. The van der Waals surface area contributed by atoms with Gasteiger partial charge in [-0.3, -0.25) is 4.79 Å². The van der Waals surface area contributed by atoms with Crippen LogP contribution in [0.2, 0.25) is 0 Å². The average molecular weight is 201 g/mol. The van der Waals surface area contributed by atoms with E-state index in [1.54, 1.807) is 6.07 Å². The van der Waals surface area contributed by atoms with Crippen molar-refractivity contribution in [1.29, 1.82) is 5.26 Å². The summed E-state index contributed by atoms with van der Waals surface area (Å²) < 4.78 is 0. The van der Waals surface area contributed by atoms with E-state index < -0.39 is 0 Å². The van der Waals surface area contributed by atoms with Gasteiger partial charge in [0.25, 0.3) is 0 Å². The van der Waals surface area contributed by atoms with Crippen molar-refractivity contribution < 1.29 is 4.79 Å². The van der Waals surface area contributed by atoms with Gasteiger partial charge in [-0.2, -0.15) is 5.26 Å². The molecule has 78 valence electrons. The van der Waals surface area contributed by atoms with Gasteiger partial charge in [0.2, 0.25) is 0 Å². The van der Waals surface area contributed by atoms with Gasteiger partial charge >= 0.3 is 0 Å². The quantitative estimate of drug-likeness (QED) is 0.735. The number of hydrogen-bond acceptors (Lipinski definition) is 2. The van der Waals surface area contributed by atoms with E-state index in [-0.39, 0.29) is 5.78 Å². The predicted molar refractivity (Wildman–Crippen MR) is 59.4 cm³/mol. The molecule has 0 N–H and O–H groups in total. The van der Waals surface area contributed by atoms with Crippen molar-refractivity contribution in [3.05, 3.63) is 35.4 Å². The highest BCUT2D eigenvalue weighted by Crippen LogP contribution is 2.10. The number of unbranched alkanes of at least 4 members (excludes halogenated alkanes) is 1. The number of Topliss-reactive ketones (excluding diaryl/α,β-unsaturated/α-hetero) is 1. The highest BCUT2D eigenvalue weighted by atomic mass is 16.1. The fourth-order valence-corrected chi connectivity index (χ4v) is 1.46. The molecular formula is C13H15NO. The smallest absolute Gasteiger partial charge is 0.137 e. The summed E-state index contributed by atoms with van der Waals surface area (Å²) in [5.41, 5.74) is 1.46. The molecule has 2 heteroatoms. The number of hydrogen-bond donors (Lipinski definition) is 0. The molecule has 1 aromatic carbocycles. The Kier molecular flexibility index (Phi) is 4.56. The molecule has 1 aromatic rings. The van der Waals surface area contributed by atoms with Crippen LogP contribution >= 0.6 is 0 Å². The van der Waals surface area contributed by atoms with E-state index in [0.717, 1.165) is 18.4 Å². The summed E-state index contributed by atoms with van der Waals surface area (Å²) in [7, 11) is 0. The molecule has 0 aliphatic heterocycles. The minimum atomic E-state index is 0.222. The van der Waals surface area contributed by atoms with Crippen LogP contribution in [0.5, 0.6) is 0 Å². The number of nitriles is 1. The van der Waals surface area contributed by atoms with Gasteiger partial charge in [-0.25, -0.2) is 0 Å². The van der Waals surface area contributed by atoms with Gasteiger partial charge < -0.3 is 0 Å². The molecule has 0 heterocycles. The number of nitrogens with zero attached hydrogens (tertiary/aromatic N) is 1. The summed E-state index contributed by atoms with van der Waals surface area (Å²) in [6.07, 6.45) is 2.99. The molecule has 0 aliphatic carbocycles. The Balaban J connectivity index is 2.64. The predicted octanol–water partition coefficient (Wildman–Crippen LogP) is 2.86. The second kappa shape index (κ2) is 5.98. The Morgan fingerprint density at radius 2 is 2.13 bits per heavy atom. The first-order chi connectivity index (χ1) is 7.27. The van der Waals surface area contributed by atoms with Gasteiger partial charge in [0.15, 0.2) is 0 Å². The van der Waals surface area contributed by atoms with E-state index in [0.29, 0.717) is 18.4 Å². The van der Waals surface area contributed by atoms with E-state index in [4.69, 9.17) is 5.26 Å². The number of benzene rings is 1. The van der Waals surface area contributed by atoms with Gasteiger partial charge in [0.1, 0.15) is 5.78 Å². The van der Waals surface area contributed by atoms with Gasteiger partial charge in [-0.05, 0) is 18.1 Å². The van der Waals surface area contributed by atoms with Crippen LogP contribution in [-0.4, -0.2) is 5.78 Å². The van der Waals surface area contributed by atoms with Crippen molar-refractivity contribution in [3.8, 4) is 6.07 Å². The van der Waals surface area contributed by atoms with E-state index >= 15 is 0 Å². The molecule has 0 saturated heterocycles. The molecular weight excluding hydrogens is 186 g/mol. The Morgan fingerprint density at radius 1 is 1.40 bits per heavy atom. The second-order valence-corrected chi connectivity index (χ2v) is 3.59. The third-order valence-electron chi connectivity index (χ3n) is 2.33. The second-order valence-electron chi connectivity index (χ2n) is 3.59. The standard InChI is InChI=1S/C13H15NO/c1-2-3-8-13(15)9-11-6-4-5-7-12(11)10-14/h4-7H,2-3,8-9H2,1H3. The molecule has 2 nitrogen and oxygen atoms in total. The summed E-state index contributed by atoms with van der Waals surface area (Å²) in [6, 6.07) is 9.39. The van der Waals surface area contributed by atoms with Crippen LogP contribution in [0, 0.1) is 11.3 Å². The molecule has 15 heavy (non-hydrogen) atoms. The number of carbonyl (C=O) groups is 1. The molecule has 0 spiro atoms. The molecule has 0 saturated carbocycles. The summed E-state index contributed by atoms with van der Waals surface area (Å²) in [4.78, 5) is 11.5. The Labute approximate surface area is 90.5 Å². The minimum Gasteiger partial charge on any atom is -0.299 e. The molecule has 0 unspecified atom stereocenters. The van der Waals surface area contributed by atoms with Crippen molar-refractivity contribution >= 4 is 5.78 Å². The van der Waals surface area contributed by atoms with E-state index in [1.807, 2.05) is 18.2 Å². The van der Waals surface area contributed by atoms with Crippen molar-refractivity contribution in [3.63, 3.8) is 0 Å². The Morgan fingerprint density at radius 3 is 2.80 bits per heavy atom. The maximum atomic E-state index is 11.5. The number of ketones is 1. The van der Waals surface area contributed by atoms with Crippen LogP contribution in [-0.2, 0) is 11.2 Å². The molecule has 0 aliphatic rings. The first kappa shape index (κ1) is 11.5. The third kappa shape index (κ3) is 3.55. The first-order valence-corrected chi connectivity index (χ1v) is 5.27. The molecule has 0 atom stereocenters. The van der Waals surface area contributed by atoms with Crippen LogP contribution < -0.4 is 0 Å². The van der Waals surface area contributed by atoms with Gasteiger partial charge in [0, 0.05) is 12.8 Å². The zero-order valence-corrected chi connectivity index (χ0v) is 8.99. The fourth-order valence-electron chi connectivity index (χ4n) is 1.46. The highest BCUT2D eigenvalue weighted by Gasteiger charge is 2.06. The highest BCUT2D eigenvalue weighted by molar-refractivity contribution is 5.81. The summed E-state index contributed by atoms with van der Waals surface area (Å²) in [5.74, 6) is 0.222. The first-order valence-electron chi connectivity index (χ1n) is 5.27. The van der Waals surface area contributed by atoms with Gasteiger partial charge in [0.05, 0.1) is 11.6 Å². The van der Waals surface area contributed by atoms with Crippen molar-refractivity contribution in [2.75, 3.05) is 0 Å². The summed E-state index contributed by atoms with van der Waals surface area (Å²) in [6.45, 7) is 2.07. The third-order valence-corrected chi connectivity index (χ3v) is 2.33. The maximum Gasteiger partial charge on any atom is 0.137 e. The van der Waals surface area contributed by atoms with Crippen LogP contribution in [0.1, 0.15) is 37.3 Å². The Hall–Kier alpha value is -1.62. The molecule has 0 amide bonds. The Bertz CT molecular complexity index is 376. The maximum absolute atomic E-state index is 11.5. The van der Waals surface area contributed by atoms with Crippen molar-refractivity contribution in [2.45, 2.75) is 32.6 Å². The topological polar surface area (TPSA) is 40.9 Å². The molecule has 0 radical (unpaired) electrons. The van der Waals surface area contributed by atoms with Crippen LogP contribution in [0.3, 0.4) is 0 Å². The monoisotopic (exact) mass is 201 g/mol. The lowest BCUT2D eigenvalue weighted by atomic mass is 10.0. The van der Waals surface area contributed by atoms with Gasteiger partial charge in [-0.15, -0.1) is 0 Å². The minimum absolute atomic E-state index is 0.222. The molecule has 0 fully saturated rings. The lowest BCUT2D eigenvalue weighted by molar-refractivity contribution is -0.118. The lowest BCUT2D eigenvalue weighted by Crippen LogP contribution is -2.03. The van der Waals surface area contributed by atoms with Crippen molar-refractivity contribution in [1.82, 2.24) is 0 Å². The summed E-state index contributed by atoms with van der Waals surface area (Å²) >= 11 is 0. The number of carbonyl (C=O) groups excluding carboxylic acids is 1. The zero-order valence-electron chi connectivity index (χ0n) is 8.99. The zero-order chi connectivity index (χ0) is 11.1. The van der Waals surface area contributed by atoms with E-state index in [1.165, 1.54) is 0 Å². The van der Waals surface area contributed by atoms with Crippen LogP contribution in [0.4, 0.5) is 0 Å². The van der Waals surface area contributed by atoms with Crippen LogP contribution in [0.25, 0.3) is 0 Å².